The maximum Gasteiger partial charge on any atom is 0.123 e. The van der Waals surface area contributed by atoms with Gasteiger partial charge in [-0.15, -0.1) is 0 Å². The molecule has 3 heteroatoms. The van der Waals surface area contributed by atoms with Gasteiger partial charge in [0.2, 0.25) is 0 Å². The lowest BCUT2D eigenvalue weighted by molar-refractivity contribution is -0.306. The molecule has 0 aliphatic rings. The summed E-state index contributed by atoms with van der Waals surface area (Å²) in [5, 5.41) is 11.4. The van der Waals surface area contributed by atoms with E-state index in [9.17, 15) is 9.90 Å². The minimum absolute atomic E-state index is 0.551. The molecule has 0 radical (unpaired) electrons. The number of rotatable bonds is 4. The fraction of sp³-hybridized carbons (Fsp3) is 0.133. The van der Waals surface area contributed by atoms with Crippen LogP contribution in [-0.2, 0) is 4.79 Å². The smallest absolute Gasteiger partial charge is 0.123 e. The third-order valence-electron chi connectivity index (χ3n) is 2.82. The van der Waals surface area contributed by atoms with Crippen molar-refractivity contribution in [3.05, 3.63) is 65.7 Å². The van der Waals surface area contributed by atoms with Crippen LogP contribution in [0.15, 0.2) is 54.6 Å². The second-order valence-electron chi connectivity index (χ2n) is 3.90. The van der Waals surface area contributed by atoms with E-state index in [0.717, 1.165) is 0 Å². The van der Waals surface area contributed by atoms with Crippen molar-refractivity contribution >= 4 is 5.97 Å². The zero-order valence-corrected chi connectivity index (χ0v) is 10.00. The topological polar surface area (TPSA) is 49.4 Å². The van der Waals surface area contributed by atoms with E-state index in [2.05, 4.69) is 0 Å². The number of hydrogen-bond donors (Lipinski definition) is 0. The van der Waals surface area contributed by atoms with E-state index in [0.29, 0.717) is 16.9 Å². The molecule has 2 aromatic carbocycles. The molecule has 0 heterocycles. The third-order valence-corrected chi connectivity index (χ3v) is 2.82. The summed E-state index contributed by atoms with van der Waals surface area (Å²) in [4.78, 5) is 11.4. The van der Waals surface area contributed by atoms with Crippen molar-refractivity contribution in [2.75, 3.05) is 7.11 Å². The predicted molar refractivity (Wildman–Crippen MR) is 66.3 cm³/mol. The van der Waals surface area contributed by atoms with Gasteiger partial charge in [-0.3, -0.25) is 0 Å². The molecule has 2 aromatic rings. The second-order valence-corrected chi connectivity index (χ2v) is 3.90. The lowest BCUT2D eigenvalue weighted by Crippen LogP contribution is -2.30. The van der Waals surface area contributed by atoms with E-state index < -0.39 is 11.9 Å². The van der Waals surface area contributed by atoms with Gasteiger partial charge in [-0.2, -0.15) is 0 Å². The summed E-state index contributed by atoms with van der Waals surface area (Å²) in [5.41, 5.74) is 1.29. The zero-order valence-electron chi connectivity index (χ0n) is 10.00. The van der Waals surface area contributed by atoms with Gasteiger partial charge in [0, 0.05) is 5.56 Å². The Hall–Kier alpha value is -2.29. The Kier molecular flexibility index (Phi) is 3.63. The summed E-state index contributed by atoms with van der Waals surface area (Å²) in [5.74, 6) is -1.40. The lowest BCUT2D eigenvalue weighted by atomic mass is 9.91. The van der Waals surface area contributed by atoms with E-state index in [1.54, 1.807) is 48.5 Å². The Morgan fingerprint density at radius 1 is 1.06 bits per heavy atom. The molecule has 0 spiro atoms. The van der Waals surface area contributed by atoms with Crippen LogP contribution in [0.3, 0.4) is 0 Å². The van der Waals surface area contributed by atoms with Crippen LogP contribution >= 0.6 is 0 Å². The summed E-state index contributed by atoms with van der Waals surface area (Å²) in [7, 11) is 1.52. The van der Waals surface area contributed by atoms with E-state index in [4.69, 9.17) is 4.74 Å². The highest BCUT2D eigenvalue weighted by atomic mass is 16.5. The highest BCUT2D eigenvalue weighted by molar-refractivity contribution is 5.79. The van der Waals surface area contributed by atoms with Crippen LogP contribution < -0.4 is 9.84 Å². The number of aliphatic carboxylic acids is 1. The van der Waals surface area contributed by atoms with Gasteiger partial charge in [0.15, 0.2) is 0 Å². The monoisotopic (exact) mass is 241 g/mol. The molecule has 0 aliphatic heterocycles. The number of methoxy groups -OCH3 is 1. The van der Waals surface area contributed by atoms with E-state index in [1.807, 2.05) is 6.07 Å². The zero-order chi connectivity index (χ0) is 13.0. The Bertz CT molecular complexity index is 534. The van der Waals surface area contributed by atoms with Gasteiger partial charge in [-0.05, 0) is 11.6 Å². The first kappa shape index (κ1) is 12.2. The first-order chi connectivity index (χ1) is 8.74. The fourth-order valence-corrected chi connectivity index (χ4v) is 1.99. The molecular weight excluding hydrogens is 228 g/mol. The van der Waals surface area contributed by atoms with Gasteiger partial charge in [-0.1, -0.05) is 48.5 Å². The number of hydrogen-bond acceptors (Lipinski definition) is 3. The Morgan fingerprint density at radius 2 is 1.67 bits per heavy atom. The molecule has 2 rings (SSSR count). The van der Waals surface area contributed by atoms with Gasteiger partial charge >= 0.3 is 0 Å². The maximum absolute atomic E-state index is 11.4. The predicted octanol–water partition coefficient (Wildman–Crippen LogP) is 1.58. The number of carbonyl (C=O) groups excluding carboxylic acids is 1. The lowest BCUT2D eigenvalue weighted by Gasteiger charge is -2.21. The molecular formula is C15H13O3-. The molecule has 0 aliphatic carbocycles. The molecule has 0 saturated carbocycles. The molecule has 1 atom stereocenters. The second kappa shape index (κ2) is 5.36. The minimum atomic E-state index is -1.13. The minimum Gasteiger partial charge on any atom is -0.549 e. The largest absolute Gasteiger partial charge is 0.549 e. The van der Waals surface area contributed by atoms with Gasteiger partial charge in [0.05, 0.1) is 19.0 Å². The molecule has 0 fully saturated rings. The average Bonchev–Trinajstić information content (AvgIpc) is 2.40. The Labute approximate surface area is 106 Å². The van der Waals surface area contributed by atoms with Crippen molar-refractivity contribution in [2.45, 2.75) is 5.92 Å². The number of carboxylic acid groups (broad SMARTS) is 1. The van der Waals surface area contributed by atoms with E-state index in [1.165, 1.54) is 7.11 Å². The van der Waals surface area contributed by atoms with Crippen LogP contribution in [0.1, 0.15) is 17.0 Å². The summed E-state index contributed by atoms with van der Waals surface area (Å²) in [6.45, 7) is 0. The van der Waals surface area contributed by atoms with E-state index in [-0.39, 0.29) is 0 Å². The molecule has 92 valence electrons. The molecule has 18 heavy (non-hydrogen) atoms. The van der Waals surface area contributed by atoms with Gasteiger partial charge in [0.25, 0.3) is 0 Å². The first-order valence-corrected chi connectivity index (χ1v) is 5.62. The molecule has 3 nitrogen and oxygen atoms in total. The van der Waals surface area contributed by atoms with Crippen molar-refractivity contribution in [3.8, 4) is 5.75 Å². The molecule has 0 amide bonds. The molecule has 0 N–H and O–H groups in total. The fourth-order valence-electron chi connectivity index (χ4n) is 1.99. The van der Waals surface area contributed by atoms with Gasteiger partial charge in [0.1, 0.15) is 5.75 Å². The molecule has 1 unspecified atom stereocenters. The standard InChI is InChI=1S/C15H14O3/c1-18-13-10-6-5-9-12(13)14(15(16)17)11-7-3-2-4-8-11/h2-10,14H,1H3,(H,16,17)/p-1. The quantitative estimate of drug-likeness (QED) is 0.816. The maximum atomic E-state index is 11.4. The van der Waals surface area contributed by atoms with Crippen LogP contribution in [0.25, 0.3) is 0 Å². The third kappa shape index (κ3) is 2.35. The Morgan fingerprint density at radius 3 is 2.28 bits per heavy atom. The van der Waals surface area contributed by atoms with Crippen LogP contribution in [0.4, 0.5) is 0 Å². The number of carboxylic acids is 1. The van der Waals surface area contributed by atoms with Crippen molar-refractivity contribution in [3.63, 3.8) is 0 Å². The highest BCUT2D eigenvalue weighted by Crippen LogP contribution is 2.31. The van der Waals surface area contributed by atoms with Crippen molar-refractivity contribution < 1.29 is 14.6 Å². The normalized spacial score (nSPS) is 11.8. The van der Waals surface area contributed by atoms with Gasteiger partial charge in [-0.25, -0.2) is 0 Å². The summed E-state index contributed by atoms with van der Waals surface area (Å²) in [6.07, 6.45) is 0. The first-order valence-electron chi connectivity index (χ1n) is 5.62. The molecule has 0 saturated heterocycles. The van der Waals surface area contributed by atoms with Crippen LogP contribution in [0.2, 0.25) is 0 Å². The van der Waals surface area contributed by atoms with Crippen molar-refractivity contribution in [1.82, 2.24) is 0 Å². The van der Waals surface area contributed by atoms with E-state index >= 15 is 0 Å². The number of ether oxygens (including phenoxy) is 1. The average molecular weight is 241 g/mol. The molecule has 0 bridgehead atoms. The summed E-state index contributed by atoms with van der Waals surface area (Å²) < 4.78 is 5.21. The van der Waals surface area contributed by atoms with Crippen LogP contribution in [0, 0.1) is 0 Å². The molecule has 0 aromatic heterocycles. The highest BCUT2D eigenvalue weighted by Gasteiger charge is 2.18. The van der Waals surface area contributed by atoms with Crippen LogP contribution in [0.5, 0.6) is 5.75 Å². The SMILES string of the molecule is COc1ccccc1C(C(=O)[O-])c1ccccc1. The van der Waals surface area contributed by atoms with Crippen LogP contribution in [-0.4, -0.2) is 13.1 Å². The number of carbonyl (C=O) groups is 1. The van der Waals surface area contributed by atoms with Crippen molar-refractivity contribution in [2.24, 2.45) is 0 Å². The van der Waals surface area contributed by atoms with Crippen molar-refractivity contribution in [1.29, 1.82) is 0 Å². The summed E-state index contributed by atoms with van der Waals surface area (Å²) >= 11 is 0. The number of para-hydroxylation sites is 1. The summed E-state index contributed by atoms with van der Waals surface area (Å²) in [6, 6.07) is 16.1. The Balaban J connectivity index is 2.52. The number of benzene rings is 2. The van der Waals surface area contributed by atoms with Gasteiger partial charge < -0.3 is 14.6 Å².